The first-order valence-electron chi connectivity index (χ1n) is 6.53. The monoisotopic (exact) mass is 279 g/mol. The van der Waals surface area contributed by atoms with Gasteiger partial charge < -0.3 is 5.73 Å². The highest BCUT2D eigenvalue weighted by Crippen LogP contribution is 2.19. The molecule has 0 bridgehead atoms. The molecule has 0 aromatic heterocycles. The standard InChI is InChI=1S/C14H21N3OS/c1-2-3-4-5-10-19-13-8-6-12(7-9-13)11-16-17-14(15)18/h6-9,11H,2-5,10H2,1H3,(H3,15,17,18). The summed E-state index contributed by atoms with van der Waals surface area (Å²) in [6.07, 6.45) is 6.75. The predicted molar refractivity (Wildman–Crippen MR) is 81.6 cm³/mol. The molecule has 0 saturated heterocycles. The Labute approximate surface area is 118 Å². The van der Waals surface area contributed by atoms with Crippen LogP contribution in [0.1, 0.15) is 38.2 Å². The largest absolute Gasteiger partial charge is 0.350 e. The first-order chi connectivity index (χ1) is 9.22. The smallest absolute Gasteiger partial charge is 0.332 e. The number of benzene rings is 1. The third kappa shape index (κ3) is 7.51. The van der Waals surface area contributed by atoms with Crippen molar-refractivity contribution in [2.24, 2.45) is 10.8 Å². The number of carbonyl (C=O) groups excluding carboxylic acids is 1. The summed E-state index contributed by atoms with van der Waals surface area (Å²) in [5.74, 6) is 1.16. The van der Waals surface area contributed by atoms with E-state index >= 15 is 0 Å². The van der Waals surface area contributed by atoms with Crippen LogP contribution >= 0.6 is 11.8 Å². The van der Waals surface area contributed by atoms with Crippen LogP contribution in [0.4, 0.5) is 4.79 Å². The van der Waals surface area contributed by atoms with Gasteiger partial charge in [-0.15, -0.1) is 11.8 Å². The summed E-state index contributed by atoms with van der Waals surface area (Å²) in [7, 11) is 0. The van der Waals surface area contributed by atoms with Crippen LogP contribution in [0.25, 0.3) is 0 Å². The molecule has 0 aliphatic heterocycles. The molecule has 5 heteroatoms. The van der Waals surface area contributed by atoms with Gasteiger partial charge in [-0.2, -0.15) is 5.10 Å². The molecule has 1 aromatic rings. The average Bonchev–Trinajstić information content (AvgIpc) is 2.40. The number of unbranched alkanes of at least 4 members (excludes halogenated alkanes) is 3. The van der Waals surface area contributed by atoms with Crippen molar-refractivity contribution in [3.05, 3.63) is 29.8 Å². The van der Waals surface area contributed by atoms with Crippen LogP contribution < -0.4 is 11.2 Å². The second-order valence-electron chi connectivity index (χ2n) is 4.21. The highest BCUT2D eigenvalue weighted by molar-refractivity contribution is 7.99. The summed E-state index contributed by atoms with van der Waals surface area (Å²) >= 11 is 1.87. The molecule has 0 unspecified atom stereocenters. The fourth-order valence-corrected chi connectivity index (χ4v) is 2.45. The van der Waals surface area contributed by atoms with E-state index in [0.29, 0.717) is 0 Å². The van der Waals surface area contributed by atoms with Gasteiger partial charge in [-0.3, -0.25) is 0 Å². The molecular weight excluding hydrogens is 258 g/mol. The maximum absolute atomic E-state index is 10.4. The first kappa shape index (κ1) is 15.6. The molecule has 0 saturated carbocycles. The number of nitrogens with zero attached hydrogens (tertiary/aromatic N) is 1. The summed E-state index contributed by atoms with van der Waals surface area (Å²) < 4.78 is 0. The molecule has 19 heavy (non-hydrogen) atoms. The topological polar surface area (TPSA) is 67.5 Å². The van der Waals surface area contributed by atoms with E-state index in [4.69, 9.17) is 5.73 Å². The normalized spacial score (nSPS) is 10.8. The summed E-state index contributed by atoms with van der Waals surface area (Å²) in [6, 6.07) is 7.42. The van der Waals surface area contributed by atoms with Gasteiger partial charge in [0.25, 0.3) is 0 Å². The zero-order chi connectivity index (χ0) is 13.9. The van der Waals surface area contributed by atoms with Crippen LogP contribution in [0.2, 0.25) is 0 Å². The number of primary amides is 1. The molecule has 3 N–H and O–H groups in total. The molecule has 0 heterocycles. The molecule has 4 nitrogen and oxygen atoms in total. The zero-order valence-electron chi connectivity index (χ0n) is 11.3. The Bertz CT molecular complexity index is 404. The van der Waals surface area contributed by atoms with Crippen molar-refractivity contribution in [3.8, 4) is 0 Å². The van der Waals surface area contributed by atoms with Gasteiger partial charge >= 0.3 is 6.03 Å². The number of thioether (sulfide) groups is 1. The molecule has 0 aliphatic carbocycles. The van der Waals surface area contributed by atoms with Crippen molar-refractivity contribution in [2.45, 2.75) is 37.5 Å². The van der Waals surface area contributed by atoms with Gasteiger partial charge in [0, 0.05) is 4.90 Å². The number of amides is 2. The van der Waals surface area contributed by atoms with Crippen LogP contribution in [-0.2, 0) is 0 Å². The van der Waals surface area contributed by atoms with E-state index in [1.807, 2.05) is 23.9 Å². The van der Waals surface area contributed by atoms with Gasteiger partial charge in [0.15, 0.2) is 0 Å². The Balaban J connectivity index is 2.31. The number of hydrogen-bond donors (Lipinski definition) is 2. The number of hydrogen-bond acceptors (Lipinski definition) is 3. The minimum Gasteiger partial charge on any atom is -0.350 e. The van der Waals surface area contributed by atoms with Crippen molar-refractivity contribution in [1.29, 1.82) is 0 Å². The van der Waals surface area contributed by atoms with Crippen molar-refractivity contribution in [2.75, 3.05) is 5.75 Å². The number of rotatable bonds is 8. The molecule has 0 aliphatic rings. The lowest BCUT2D eigenvalue weighted by molar-refractivity contribution is 0.249. The van der Waals surface area contributed by atoms with Gasteiger partial charge in [0.1, 0.15) is 0 Å². The molecular formula is C14H21N3OS. The maximum Gasteiger partial charge on any atom is 0.332 e. The van der Waals surface area contributed by atoms with Gasteiger partial charge in [-0.1, -0.05) is 38.3 Å². The fraction of sp³-hybridized carbons (Fsp3) is 0.429. The quantitative estimate of drug-likeness (QED) is 0.331. The van der Waals surface area contributed by atoms with Gasteiger partial charge in [-0.05, 0) is 29.9 Å². The minimum atomic E-state index is -0.657. The SMILES string of the molecule is CCCCCCSc1ccc(C=NNC(N)=O)cc1. The van der Waals surface area contributed by atoms with E-state index in [-0.39, 0.29) is 0 Å². The van der Waals surface area contributed by atoms with Crippen LogP contribution in [0.3, 0.4) is 0 Å². The lowest BCUT2D eigenvalue weighted by Gasteiger charge is -2.02. The second kappa shape index (κ2) is 9.44. The van der Waals surface area contributed by atoms with E-state index in [1.54, 1.807) is 6.21 Å². The van der Waals surface area contributed by atoms with E-state index in [1.165, 1.54) is 30.6 Å². The fourth-order valence-electron chi connectivity index (χ4n) is 1.54. The third-order valence-corrected chi connectivity index (χ3v) is 3.63. The Morgan fingerprint density at radius 1 is 1.32 bits per heavy atom. The Morgan fingerprint density at radius 3 is 2.68 bits per heavy atom. The van der Waals surface area contributed by atoms with Crippen LogP contribution in [0.5, 0.6) is 0 Å². The van der Waals surface area contributed by atoms with Crippen LogP contribution in [-0.4, -0.2) is 18.0 Å². The summed E-state index contributed by atoms with van der Waals surface area (Å²) in [5, 5.41) is 3.71. The Kier molecular flexibility index (Phi) is 7.74. The van der Waals surface area contributed by atoms with Gasteiger partial charge in [0.05, 0.1) is 6.21 Å². The summed E-state index contributed by atoms with van der Waals surface area (Å²) in [5.41, 5.74) is 8.00. The van der Waals surface area contributed by atoms with Crippen molar-refractivity contribution in [3.63, 3.8) is 0 Å². The molecule has 0 atom stereocenters. The highest BCUT2D eigenvalue weighted by Gasteiger charge is 1.95. The van der Waals surface area contributed by atoms with E-state index in [9.17, 15) is 4.79 Å². The molecule has 1 rings (SSSR count). The molecule has 0 spiro atoms. The summed E-state index contributed by atoms with van der Waals surface area (Å²) in [4.78, 5) is 11.7. The lowest BCUT2D eigenvalue weighted by atomic mass is 10.2. The van der Waals surface area contributed by atoms with Crippen molar-refractivity contribution >= 4 is 24.0 Å². The first-order valence-corrected chi connectivity index (χ1v) is 7.52. The highest BCUT2D eigenvalue weighted by atomic mass is 32.2. The summed E-state index contributed by atoms with van der Waals surface area (Å²) in [6.45, 7) is 2.22. The van der Waals surface area contributed by atoms with E-state index in [0.717, 1.165) is 11.3 Å². The van der Waals surface area contributed by atoms with Crippen molar-refractivity contribution in [1.82, 2.24) is 5.43 Å². The number of nitrogens with two attached hydrogens (primary N) is 1. The minimum absolute atomic E-state index is 0.657. The molecule has 104 valence electrons. The molecule has 0 fully saturated rings. The van der Waals surface area contributed by atoms with Crippen LogP contribution in [0.15, 0.2) is 34.3 Å². The molecule has 1 aromatic carbocycles. The predicted octanol–water partition coefficient (Wildman–Crippen LogP) is 3.36. The Morgan fingerprint density at radius 2 is 2.05 bits per heavy atom. The third-order valence-electron chi connectivity index (χ3n) is 2.54. The molecule has 2 amide bonds. The second-order valence-corrected chi connectivity index (χ2v) is 5.38. The lowest BCUT2D eigenvalue weighted by Crippen LogP contribution is -2.24. The number of carbonyl (C=O) groups is 1. The number of hydrazone groups is 1. The zero-order valence-corrected chi connectivity index (χ0v) is 12.1. The molecule has 0 radical (unpaired) electrons. The van der Waals surface area contributed by atoms with Crippen molar-refractivity contribution < 1.29 is 4.79 Å². The van der Waals surface area contributed by atoms with E-state index in [2.05, 4.69) is 29.6 Å². The van der Waals surface area contributed by atoms with Gasteiger partial charge in [0.2, 0.25) is 0 Å². The van der Waals surface area contributed by atoms with Gasteiger partial charge in [-0.25, -0.2) is 10.2 Å². The maximum atomic E-state index is 10.4. The average molecular weight is 279 g/mol. The number of urea groups is 1. The number of nitrogens with one attached hydrogen (secondary N) is 1. The van der Waals surface area contributed by atoms with Crippen LogP contribution in [0, 0.1) is 0 Å². The Hall–Kier alpha value is -1.49. The van der Waals surface area contributed by atoms with E-state index < -0.39 is 6.03 Å².